The molecule has 0 saturated heterocycles. The SMILES string of the molecule is CC.CC.CC.CC.CC.CC.CC.CC.CC.COc1c(C)cc(O)cc1C.COc1c(C)cc(OC(=O)c2ccccc2)cc1C.Cc1cc(OC(=O)c2ccccc2)cc(C)c1O.O=C(Cl)c1ccccc1.O=C(Oc1ccc(O)cc1)c1ccccc1.O=C(Oc1ccc(OCc2ccccc2)cc1)c1ccccc1.Oc1ccc(OCc2ccccc2)cc1. The second-order valence-corrected chi connectivity index (χ2v) is 24.6. The summed E-state index contributed by atoms with van der Waals surface area (Å²) in [5, 5.41) is 36.5. The fraction of sp³-hybridized carbons (Fsp3) is 0.252. The van der Waals surface area contributed by atoms with E-state index in [1.165, 1.54) is 24.3 Å². The normalized spacial score (nSPS) is 8.92. The van der Waals surface area contributed by atoms with Gasteiger partial charge in [-0.1, -0.05) is 288 Å². The van der Waals surface area contributed by atoms with Gasteiger partial charge in [-0.05, 0) is 255 Å². The molecule has 0 radical (unpaired) electrons. The van der Waals surface area contributed by atoms with Crippen molar-refractivity contribution in [3.63, 3.8) is 0 Å². The van der Waals surface area contributed by atoms with E-state index < -0.39 is 17.2 Å². The zero-order chi connectivity index (χ0) is 97.9. The molecule has 0 amide bonds. The number of phenolic OH excluding ortho intramolecular Hbond substituents is 4. The number of hydrogen-bond donors (Lipinski definition) is 4. The van der Waals surface area contributed by atoms with Crippen molar-refractivity contribution in [1.29, 1.82) is 0 Å². The van der Waals surface area contributed by atoms with E-state index in [1.54, 1.807) is 234 Å². The first-order valence-corrected chi connectivity index (χ1v) is 44.1. The van der Waals surface area contributed by atoms with Crippen LogP contribution in [0, 0.1) is 41.5 Å². The Kier molecular flexibility index (Phi) is 69.7. The molecular formula is C111H139ClO17. The van der Waals surface area contributed by atoms with Crippen LogP contribution in [0.5, 0.6) is 69.0 Å². The third kappa shape index (κ3) is 49.6. The summed E-state index contributed by atoms with van der Waals surface area (Å²) in [5.41, 5.74) is 10.0. The molecular weight excluding hydrogens is 1640 g/mol. The maximum Gasteiger partial charge on any atom is 0.343 e. The smallest absolute Gasteiger partial charge is 0.343 e. The van der Waals surface area contributed by atoms with Crippen LogP contribution in [0.1, 0.15) is 221 Å². The predicted molar refractivity (Wildman–Crippen MR) is 533 cm³/mol. The number of methoxy groups -OCH3 is 2. The van der Waals surface area contributed by atoms with Crippen LogP contribution in [0.4, 0.5) is 0 Å². The van der Waals surface area contributed by atoms with Gasteiger partial charge in [-0.15, -0.1) is 0 Å². The standard InChI is InChI=1S/C20H16O3.C16H16O3.C15H14O3.C13H10O3.C13H12O2.C9H12O2.C7H5ClO.9C2H6/c21-20(17-9-5-2-6-10-17)23-19-13-11-18(12-14-19)22-15-16-7-3-1-4-8-16;1-11-9-14(10-12(2)15(11)18-3)19-16(17)13-7-5-4-6-8-13;1-10-8-13(9-11(2)14(10)16)18-15(17)12-6-4-3-5-7-12;14-11-6-8-12(9-7-11)16-13(15)10-4-2-1-3-5-10;14-12-6-8-13(9-7-12)15-10-11-4-2-1-3-5-11;1-6-4-8(10)5-7(2)9(6)11-3;8-7(9)6-4-2-1-3-5-6;9*1-2/h1-14H,15H2;4-10H,1-3H3;3-9,16H,1-2H3;1-9,14H;1-9,14H,10H2;4-5,10H,1-3H3;1-5H;9*1-2H3. The zero-order valence-corrected chi connectivity index (χ0v) is 81.2. The van der Waals surface area contributed by atoms with Crippen molar-refractivity contribution >= 4 is 40.7 Å². The molecule has 0 fully saturated rings. The van der Waals surface area contributed by atoms with E-state index >= 15 is 0 Å². The van der Waals surface area contributed by atoms with Crippen LogP contribution >= 0.6 is 11.6 Å². The highest BCUT2D eigenvalue weighted by molar-refractivity contribution is 6.67. The Morgan fingerprint density at radius 3 is 0.682 bits per heavy atom. The number of benzene rings is 13. The molecule has 18 heteroatoms. The van der Waals surface area contributed by atoms with E-state index in [-0.39, 0.29) is 29.2 Å². The second kappa shape index (κ2) is 75.4. The fourth-order valence-corrected chi connectivity index (χ4v) is 10.3. The average Bonchev–Trinajstić information content (AvgIpc) is 1.16. The van der Waals surface area contributed by atoms with Crippen molar-refractivity contribution in [1.82, 2.24) is 0 Å². The molecule has 17 nitrogen and oxygen atoms in total. The third-order valence-electron chi connectivity index (χ3n) is 15.6. The maximum absolute atomic E-state index is 12.0. The van der Waals surface area contributed by atoms with Gasteiger partial charge in [0.15, 0.2) is 0 Å². The number of esters is 4. The van der Waals surface area contributed by atoms with Gasteiger partial charge in [-0.2, -0.15) is 0 Å². The summed E-state index contributed by atoms with van der Waals surface area (Å²) in [7, 11) is 3.26. The van der Waals surface area contributed by atoms with E-state index in [2.05, 4.69) is 0 Å². The predicted octanol–water partition coefficient (Wildman–Crippen LogP) is 30.1. The second-order valence-electron chi connectivity index (χ2n) is 24.3. The summed E-state index contributed by atoms with van der Waals surface area (Å²) in [6.45, 7) is 48.2. The molecule has 0 spiro atoms. The highest BCUT2D eigenvalue weighted by Gasteiger charge is 2.15. The molecule has 0 saturated carbocycles. The van der Waals surface area contributed by atoms with Gasteiger partial charge in [0.2, 0.25) is 0 Å². The lowest BCUT2D eigenvalue weighted by molar-refractivity contribution is 0.0725. The lowest BCUT2D eigenvalue weighted by Crippen LogP contribution is -2.08. The van der Waals surface area contributed by atoms with Crippen molar-refractivity contribution in [2.24, 2.45) is 0 Å². The van der Waals surface area contributed by atoms with Crippen molar-refractivity contribution < 1.29 is 82.3 Å². The fourth-order valence-electron chi connectivity index (χ4n) is 10.2. The van der Waals surface area contributed by atoms with Crippen molar-refractivity contribution in [3.8, 4) is 69.0 Å². The lowest BCUT2D eigenvalue weighted by Gasteiger charge is -2.11. The monoisotopic (exact) mass is 1780 g/mol. The van der Waals surface area contributed by atoms with Gasteiger partial charge in [-0.3, -0.25) is 4.79 Å². The third-order valence-corrected chi connectivity index (χ3v) is 15.8. The molecule has 0 heterocycles. The van der Waals surface area contributed by atoms with Crippen LogP contribution in [0.15, 0.2) is 322 Å². The first kappa shape index (κ1) is 119. The molecule has 692 valence electrons. The summed E-state index contributed by atoms with van der Waals surface area (Å²) >= 11 is 5.16. The number of hydrogen-bond acceptors (Lipinski definition) is 17. The Morgan fingerprint density at radius 2 is 0.442 bits per heavy atom. The summed E-state index contributed by atoms with van der Waals surface area (Å²) in [4.78, 5) is 57.8. The number of ether oxygens (including phenoxy) is 8. The first-order chi connectivity index (χ1) is 62.5. The molecule has 0 aliphatic rings. The highest BCUT2D eigenvalue weighted by Crippen LogP contribution is 2.31. The number of carbonyl (C=O) groups excluding carboxylic acids is 5. The van der Waals surface area contributed by atoms with Gasteiger partial charge >= 0.3 is 23.9 Å². The van der Waals surface area contributed by atoms with Crippen LogP contribution in [-0.2, 0) is 13.2 Å². The molecule has 13 aromatic carbocycles. The molecule has 129 heavy (non-hydrogen) atoms. The van der Waals surface area contributed by atoms with E-state index in [4.69, 9.17) is 64.8 Å². The quantitative estimate of drug-likeness (QED) is 0.0376. The average molecular weight is 1780 g/mol. The Labute approximate surface area is 774 Å². The first-order valence-electron chi connectivity index (χ1n) is 43.7. The van der Waals surface area contributed by atoms with Crippen LogP contribution < -0.4 is 37.9 Å². The number of rotatable bonds is 17. The van der Waals surface area contributed by atoms with Crippen LogP contribution in [0.25, 0.3) is 0 Å². The summed E-state index contributed by atoms with van der Waals surface area (Å²) in [5.74, 6) is 4.41. The van der Waals surface area contributed by atoms with Crippen molar-refractivity contribution in [2.75, 3.05) is 14.2 Å². The van der Waals surface area contributed by atoms with E-state index in [0.29, 0.717) is 80.9 Å². The van der Waals surface area contributed by atoms with Gasteiger partial charge < -0.3 is 58.3 Å². The minimum Gasteiger partial charge on any atom is -0.508 e. The number of halogens is 1. The molecule has 0 bridgehead atoms. The molecule has 13 rings (SSSR count). The molecule has 13 aromatic rings. The van der Waals surface area contributed by atoms with Crippen molar-refractivity contribution in [3.05, 3.63) is 394 Å². The number of carbonyl (C=O) groups is 5. The summed E-state index contributed by atoms with van der Waals surface area (Å²) < 4.78 is 42.7. The molecule has 0 atom stereocenters. The van der Waals surface area contributed by atoms with Gasteiger partial charge in [0.1, 0.15) is 82.2 Å². The molecule has 0 unspecified atom stereocenters. The Bertz CT molecular complexity index is 4950. The molecule has 0 aliphatic heterocycles. The minimum absolute atomic E-state index is 0.138. The maximum atomic E-state index is 12.0. The Balaban J connectivity index is -0.00000141. The lowest BCUT2D eigenvalue weighted by atomic mass is 10.1. The zero-order valence-electron chi connectivity index (χ0n) is 80.5. The van der Waals surface area contributed by atoms with E-state index in [1.807, 2.05) is 243 Å². The molecule has 0 aliphatic carbocycles. The van der Waals surface area contributed by atoms with E-state index in [9.17, 15) is 29.1 Å². The van der Waals surface area contributed by atoms with Crippen molar-refractivity contribution in [2.45, 2.75) is 179 Å². The molecule has 4 N–H and O–H groups in total. The number of phenols is 4. The van der Waals surface area contributed by atoms with Gasteiger partial charge in [0, 0.05) is 5.56 Å². The van der Waals surface area contributed by atoms with Crippen LogP contribution in [0.2, 0.25) is 0 Å². The molecule has 0 aromatic heterocycles. The topological polar surface area (TPSA) is 240 Å². The van der Waals surface area contributed by atoms with E-state index in [0.717, 1.165) is 56.4 Å². The summed E-state index contributed by atoms with van der Waals surface area (Å²) in [6.07, 6.45) is 0. The highest BCUT2D eigenvalue weighted by atomic mass is 35.5. The van der Waals surface area contributed by atoms with Crippen LogP contribution in [-0.4, -0.2) is 63.8 Å². The summed E-state index contributed by atoms with van der Waals surface area (Å²) in [6, 6.07) is 94.0. The Hall–Kier alpha value is -13.9. The van der Waals surface area contributed by atoms with Gasteiger partial charge in [0.05, 0.1) is 36.5 Å². The van der Waals surface area contributed by atoms with Gasteiger partial charge in [-0.25, -0.2) is 19.2 Å². The number of aromatic hydroxyl groups is 4. The minimum atomic E-state index is -0.411. The number of aryl methyl sites for hydroxylation is 6. The van der Waals surface area contributed by atoms with Gasteiger partial charge in [0.25, 0.3) is 5.24 Å². The largest absolute Gasteiger partial charge is 0.508 e. The van der Waals surface area contributed by atoms with Crippen LogP contribution in [0.3, 0.4) is 0 Å². The Morgan fingerprint density at radius 1 is 0.240 bits per heavy atom.